The lowest BCUT2D eigenvalue weighted by Gasteiger charge is -2.03. The van der Waals surface area contributed by atoms with Gasteiger partial charge in [-0.2, -0.15) is 5.26 Å². The number of carbonyl (C=O) groups excluding carboxylic acids is 1. The van der Waals surface area contributed by atoms with Gasteiger partial charge in [0.05, 0.1) is 5.56 Å². The van der Waals surface area contributed by atoms with Crippen LogP contribution in [-0.2, 0) is 6.42 Å². The molecule has 0 aliphatic rings. The topological polar surface area (TPSA) is 40.9 Å². The van der Waals surface area contributed by atoms with Gasteiger partial charge in [0, 0.05) is 11.1 Å². The van der Waals surface area contributed by atoms with Crippen molar-refractivity contribution >= 4 is 5.78 Å². The highest BCUT2D eigenvalue weighted by atomic mass is 19.1. The lowest BCUT2D eigenvalue weighted by atomic mass is 10.00. The molecule has 0 radical (unpaired) electrons. The van der Waals surface area contributed by atoms with Crippen molar-refractivity contribution in [1.29, 1.82) is 5.26 Å². The molecular formula is C16H12FNO. The maximum Gasteiger partial charge on any atom is 0.193 e. The Bertz CT molecular complexity index is 653. The summed E-state index contributed by atoms with van der Waals surface area (Å²) < 4.78 is 13.2. The summed E-state index contributed by atoms with van der Waals surface area (Å²) in [7, 11) is 0. The third kappa shape index (κ3) is 2.69. The molecule has 0 N–H and O–H groups in total. The Labute approximate surface area is 111 Å². The standard InChI is InChI=1S/C16H12FNO/c1-2-11-3-5-12(6-4-11)16(19)13-7-8-15(17)14(9-13)10-18/h3-9H,2H2,1H3. The molecule has 0 atom stereocenters. The van der Waals surface area contributed by atoms with Crippen LogP contribution in [0.25, 0.3) is 0 Å². The molecule has 0 bridgehead atoms. The molecule has 94 valence electrons. The second-order valence-electron chi connectivity index (χ2n) is 4.19. The Morgan fingerprint density at radius 3 is 2.37 bits per heavy atom. The zero-order chi connectivity index (χ0) is 13.8. The molecule has 2 aromatic rings. The molecule has 2 nitrogen and oxygen atoms in total. The molecule has 0 aliphatic carbocycles. The van der Waals surface area contributed by atoms with E-state index in [4.69, 9.17) is 5.26 Å². The number of hydrogen-bond donors (Lipinski definition) is 0. The number of benzene rings is 2. The van der Waals surface area contributed by atoms with E-state index in [-0.39, 0.29) is 11.3 Å². The van der Waals surface area contributed by atoms with E-state index in [9.17, 15) is 9.18 Å². The zero-order valence-corrected chi connectivity index (χ0v) is 10.5. The van der Waals surface area contributed by atoms with Crippen LogP contribution in [0.4, 0.5) is 4.39 Å². The minimum atomic E-state index is -0.611. The monoisotopic (exact) mass is 253 g/mol. The zero-order valence-electron chi connectivity index (χ0n) is 10.5. The predicted octanol–water partition coefficient (Wildman–Crippen LogP) is 3.49. The average molecular weight is 253 g/mol. The fourth-order valence-corrected chi connectivity index (χ4v) is 1.81. The second-order valence-corrected chi connectivity index (χ2v) is 4.19. The molecule has 0 unspecified atom stereocenters. The van der Waals surface area contributed by atoms with Crippen molar-refractivity contribution < 1.29 is 9.18 Å². The summed E-state index contributed by atoms with van der Waals surface area (Å²) in [4.78, 5) is 12.2. The first kappa shape index (κ1) is 13.0. The third-order valence-electron chi connectivity index (χ3n) is 2.97. The number of nitrogens with zero attached hydrogens (tertiary/aromatic N) is 1. The number of ketones is 1. The summed E-state index contributed by atoms with van der Waals surface area (Å²) >= 11 is 0. The summed E-state index contributed by atoms with van der Waals surface area (Å²) in [6.45, 7) is 2.04. The SMILES string of the molecule is CCc1ccc(C(=O)c2ccc(F)c(C#N)c2)cc1. The lowest BCUT2D eigenvalue weighted by Crippen LogP contribution is -2.02. The molecule has 0 saturated carbocycles. The van der Waals surface area contributed by atoms with Gasteiger partial charge in [-0.1, -0.05) is 31.2 Å². The Hall–Kier alpha value is -2.47. The van der Waals surface area contributed by atoms with Crippen LogP contribution >= 0.6 is 0 Å². The molecule has 0 spiro atoms. The summed E-state index contributed by atoms with van der Waals surface area (Å²) in [5, 5.41) is 8.76. The number of carbonyl (C=O) groups is 1. The van der Waals surface area contributed by atoms with Crippen LogP contribution in [0, 0.1) is 17.1 Å². The van der Waals surface area contributed by atoms with E-state index in [1.54, 1.807) is 18.2 Å². The van der Waals surface area contributed by atoms with Crippen LogP contribution in [0.1, 0.15) is 34.0 Å². The summed E-state index contributed by atoms with van der Waals surface area (Å²) in [6.07, 6.45) is 0.906. The first-order valence-electron chi connectivity index (χ1n) is 5.99. The van der Waals surface area contributed by atoms with E-state index < -0.39 is 5.82 Å². The van der Waals surface area contributed by atoms with Crippen molar-refractivity contribution in [2.75, 3.05) is 0 Å². The number of aryl methyl sites for hydroxylation is 1. The summed E-state index contributed by atoms with van der Waals surface area (Å²) in [6, 6.07) is 12.8. The van der Waals surface area contributed by atoms with Crippen molar-refractivity contribution in [1.82, 2.24) is 0 Å². The van der Waals surface area contributed by atoms with Crippen molar-refractivity contribution in [2.24, 2.45) is 0 Å². The van der Waals surface area contributed by atoms with Gasteiger partial charge in [0.15, 0.2) is 5.78 Å². The van der Waals surface area contributed by atoms with Gasteiger partial charge in [-0.3, -0.25) is 4.79 Å². The van der Waals surface area contributed by atoms with Gasteiger partial charge in [-0.25, -0.2) is 4.39 Å². The molecule has 2 aromatic carbocycles. The first-order valence-corrected chi connectivity index (χ1v) is 5.99. The fourth-order valence-electron chi connectivity index (χ4n) is 1.81. The third-order valence-corrected chi connectivity index (χ3v) is 2.97. The predicted molar refractivity (Wildman–Crippen MR) is 70.4 cm³/mol. The molecule has 2 rings (SSSR count). The van der Waals surface area contributed by atoms with E-state index >= 15 is 0 Å². The van der Waals surface area contributed by atoms with Gasteiger partial charge in [0.25, 0.3) is 0 Å². The van der Waals surface area contributed by atoms with Crippen LogP contribution < -0.4 is 0 Å². The Kier molecular flexibility index (Phi) is 3.72. The van der Waals surface area contributed by atoms with Crippen LogP contribution in [-0.4, -0.2) is 5.78 Å². The van der Waals surface area contributed by atoms with Gasteiger partial charge in [0.2, 0.25) is 0 Å². The normalized spacial score (nSPS) is 9.95. The average Bonchev–Trinajstić information content (AvgIpc) is 2.47. The van der Waals surface area contributed by atoms with E-state index in [2.05, 4.69) is 0 Å². The van der Waals surface area contributed by atoms with Crippen molar-refractivity contribution in [3.8, 4) is 6.07 Å². The number of nitriles is 1. The highest BCUT2D eigenvalue weighted by Crippen LogP contribution is 2.15. The van der Waals surface area contributed by atoms with Gasteiger partial charge < -0.3 is 0 Å². The molecule has 0 aromatic heterocycles. The number of halogens is 1. The Morgan fingerprint density at radius 1 is 1.16 bits per heavy atom. The van der Waals surface area contributed by atoms with Gasteiger partial charge >= 0.3 is 0 Å². The van der Waals surface area contributed by atoms with E-state index in [1.165, 1.54) is 12.1 Å². The molecule has 19 heavy (non-hydrogen) atoms. The lowest BCUT2D eigenvalue weighted by molar-refractivity contribution is 0.103. The van der Waals surface area contributed by atoms with E-state index in [1.807, 2.05) is 19.1 Å². The van der Waals surface area contributed by atoms with Crippen LogP contribution in [0.5, 0.6) is 0 Å². The maximum absolute atomic E-state index is 13.2. The molecule has 0 amide bonds. The van der Waals surface area contributed by atoms with Crippen LogP contribution in [0.3, 0.4) is 0 Å². The fraction of sp³-hybridized carbons (Fsp3) is 0.125. The molecule has 0 heterocycles. The van der Waals surface area contributed by atoms with Gasteiger partial charge in [0.1, 0.15) is 11.9 Å². The minimum Gasteiger partial charge on any atom is -0.289 e. The summed E-state index contributed by atoms with van der Waals surface area (Å²) in [5.41, 5.74) is 1.89. The molecule has 3 heteroatoms. The quantitative estimate of drug-likeness (QED) is 0.785. The highest BCUT2D eigenvalue weighted by Gasteiger charge is 2.11. The second kappa shape index (κ2) is 5.45. The number of rotatable bonds is 3. The highest BCUT2D eigenvalue weighted by molar-refractivity contribution is 6.09. The van der Waals surface area contributed by atoms with Gasteiger partial charge in [-0.05, 0) is 30.2 Å². The molecule has 0 fully saturated rings. The van der Waals surface area contributed by atoms with Crippen molar-refractivity contribution in [3.05, 3.63) is 70.5 Å². The minimum absolute atomic E-state index is 0.115. The first-order chi connectivity index (χ1) is 9.15. The van der Waals surface area contributed by atoms with Crippen LogP contribution in [0.15, 0.2) is 42.5 Å². The van der Waals surface area contributed by atoms with Crippen molar-refractivity contribution in [2.45, 2.75) is 13.3 Å². The summed E-state index contributed by atoms with van der Waals surface area (Å²) in [5.74, 6) is -0.820. The van der Waals surface area contributed by atoms with Crippen LogP contribution in [0.2, 0.25) is 0 Å². The van der Waals surface area contributed by atoms with E-state index in [0.717, 1.165) is 18.1 Å². The largest absolute Gasteiger partial charge is 0.289 e. The Balaban J connectivity index is 2.36. The number of hydrogen-bond acceptors (Lipinski definition) is 2. The van der Waals surface area contributed by atoms with Crippen molar-refractivity contribution in [3.63, 3.8) is 0 Å². The molecular weight excluding hydrogens is 241 g/mol. The Morgan fingerprint density at radius 2 is 1.79 bits per heavy atom. The van der Waals surface area contributed by atoms with Gasteiger partial charge in [-0.15, -0.1) is 0 Å². The molecule has 0 saturated heterocycles. The maximum atomic E-state index is 13.2. The molecule has 0 aliphatic heterocycles. The van der Waals surface area contributed by atoms with E-state index in [0.29, 0.717) is 11.1 Å². The smallest absolute Gasteiger partial charge is 0.193 e.